The fourth-order valence-electron chi connectivity index (χ4n) is 5.10. The van der Waals surface area contributed by atoms with Crippen molar-refractivity contribution in [3.63, 3.8) is 0 Å². The zero-order valence-corrected chi connectivity index (χ0v) is 18.0. The van der Waals surface area contributed by atoms with Crippen molar-refractivity contribution in [2.45, 2.75) is 55.9 Å². The highest BCUT2D eigenvalue weighted by Crippen LogP contribution is 2.27. The van der Waals surface area contributed by atoms with E-state index in [9.17, 15) is 13.2 Å². The van der Waals surface area contributed by atoms with E-state index in [2.05, 4.69) is 4.90 Å². The zero-order chi connectivity index (χ0) is 20.3. The van der Waals surface area contributed by atoms with E-state index in [4.69, 9.17) is 0 Å². The first-order valence-corrected chi connectivity index (χ1v) is 12.6. The lowest BCUT2D eigenvalue weighted by Crippen LogP contribution is -2.54. The summed E-state index contributed by atoms with van der Waals surface area (Å²) in [6.07, 6.45) is 7.91. The lowest BCUT2D eigenvalue weighted by Gasteiger charge is -2.42. The molecule has 0 atom stereocenters. The van der Waals surface area contributed by atoms with Crippen LogP contribution in [0.25, 0.3) is 0 Å². The van der Waals surface area contributed by atoms with Crippen LogP contribution in [0.5, 0.6) is 0 Å². The van der Waals surface area contributed by atoms with Crippen molar-refractivity contribution in [1.82, 2.24) is 14.1 Å². The fraction of sp³-hybridized carbons (Fsp3) is 0.682. The predicted molar refractivity (Wildman–Crippen MR) is 113 cm³/mol. The van der Waals surface area contributed by atoms with Crippen molar-refractivity contribution in [3.05, 3.63) is 30.3 Å². The van der Waals surface area contributed by atoms with Crippen LogP contribution < -0.4 is 0 Å². The topological polar surface area (TPSA) is 60.9 Å². The Morgan fingerprint density at radius 2 is 1.41 bits per heavy atom. The minimum absolute atomic E-state index is 0.0431. The minimum atomic E-state index is -3.45. The molecule has 1 saturated carbocycles. The van der Waals surface area contributed by atoms with Crippen molar-refractivity contribution in [2.24, 2.45) is 5.92 Å². The van der Waals surface area contributed by atoms with Crippen molar-refractivity contribution in [3.8, 4) is 0 Å². The number of hydrogen-bond acceptors (Lipinski definition) is 4. The van der Waals surface area contributed by atoms with Gasteiger partial charge in [0.05, 0.1) is 4.90 Å². The maximum absolute atomic E-state index is 13.0. The first-order chi connectivity index (χ1) is 14.1. The Hall–Kier alpha value is -1.44. The summed E-state index contributed by atoms with van der Waals surface area (Å²) in [5.74, 6) is 0.184. The number of carbonyl (C=O) groups is 1. The number of rotatable bonds is 4. The molecule has 1 aromatic rings. The standard InChI is InChI=1S/C22H33N3O3S/c26-22(24-17-15-23(16-18-24)20-7-3-1-4-8-20)19-11-13-25(14-12-19)29(27,28)21-9-5-2-6-10-21/h2,5-6,9-10,19-20H,1,3-4,7-8,11-18H2. The van der Waals surface area contributed by atoms with Gasteiger partial charge in [-0.05, 0) is 37.8 Å². The molecule has 29 heavy (non-hydrogen) atoms. The smallest absolute Gasteiger partial charge is 0.243 e. The van der Waals surface area contributed by atoms with E-state index in [-0.39, 0.29) is 11.8 Å². The van der Waals surface area contributed by atoms with Crippen LogP contribution in [0.4, 0.5) is 0 Å². The van der Waals surface area contributed by atoms with Gasteiger partial charge in [-0.25, -0.2) is 8.42 Å². The molecule has 7 heteroatoms. The third-order valence-corrected chi connectivity index (χ3v) is 8.81. The maximum atomic E-state index is 13.0. The van der Waals surface area contributed by atoms with Gasteiger partial charge in [-0.1, -0.05) is 37.5 Å². The molecule has 4 rings (SSSR count). The number of amides is 1. The van der Waals surface area contributed by atoms with Crippen LogP contribution in [0.1, 0.15) is 44.9 Å². The van der Waals surface area contributed by atoms with Crippen LogP contribution in [-0.4, -0.2) is 73.7 Å². The minimum Gasteiger partial charge on any atom is -0.340 e. The Morgan fingerprint density at radius 3 is 2.03 bits per heavy atom. The van der Waals surface area contributed by atoms with Gasteiger partial charge in [0, 0.05) is 51.2 Å². The van der Waals surface area contributed by atoms with Crippen LogP contribution in [0.15, 0.2) is 35.2 Å². The van der Waals surface area contributed by atoms with Crippen LogP contribution in [0.2, 0.25) is 0 Å². The number of piperazine rings is 1. The van der Waals surface area contributed by atoms with Crippen molar-refractivity contribution >= 4 is 15.9 Å². The van der Waals surface area contributed by atoms with E-state index in [1.165, 1.54) is 36.4 Å². The molecule has 1 aliphatic carbocycles. The Balaban J connectivity index is 1.27. The van der Waals surface area contributed by atoms with Crippen molar-refractivity contribution < 1.29 is 13.2 Å². The summed E-state index contributed by atoms with van der Waals surface area (Å²) < 4.78 is 27.1. The van der Waals surface area contributed by atoms with Crippen LogP contribution >= 0.6 is 0 Å². The normalized spacial score (nSPS) is 23.9. The molecule has 6 nitrogen and oxygen atoms in total. The Bertz CT molecular complexity index is 777. The van der Waals surface area contributed by atoms with E-state index in [0.29, 0.717) is 36.9 Å². The predicted octanol–water partition coefficient (Wildman–Crippen LogP) is 2.56. The van der Waals surface area contributed by atoms with Gasteiger partial charge < -0.3 is 4.90 Å². The van der Waals surface area contributed by atoms with Crippen molar-refractivity contribution in [1.29, 1.82) is 0 Å². The molecule has 1 amide bonds. The van der Waals surface area contributed by atoms with Crippen molar-refractivity contribution in [2.75, 3.05) is 39.3 Å². The van der Waals surface area contributed by atoms with Crippen LogP contribution in [-0.2, 0) is 14.8 Å². The summed E-state index contributed by atoms with van der Waals surface area (Å²) in [6, 6.07) is 9.30. The number of benzene rings is 1. The Labute approximate surface area is 174 Å². The van der Waals surface area contributed by atoms with Gasteiger partial charge >= 0.3 is 0 Å². The first-order valence-electron chi connectivity index (χ1n) is 11.1. The summed E-state index contributed by atoms with van der Waals surface area (Å²) in [6.45, 7) is 4.45. The molecule has 0 aromatic heterocycles. The van der Waals surface area contributed by atoms with E-state index < -0.39 is 10.0 Å². The SMILES string of the molecule is O=C(C1CCN(S(=O)(=O)c2ccccc2)CC1)N1CCN(C2CCCCC2)CC1. The highest BCUT2D eigenvalue weighted by Gasteiger charge is 2.35. The maximum Gasteiger partial charge on any atom is 0.243 e. The van der Waals surface area contributed by atoms with E-state index in [1.807, 2.05) is 11.0 Å². The van der Waals surface area contributed by atoms with Crippen LogP contribution in [0.3, 0.4) is 0 Å². The Morgan fingerprint density at radius 1 is 0.793 bits per heavy atom. The molecule has 3 fully saturated rings. The average Bonchev–Trinajstić information content (AvgIpc) is 2.80. The quantitative estimate of drug-likeness (QED) is 0.753. The van der Waals surface area contributed by atoms with Gasteiger partial charge in [0.1, 0.15) is 0 Å². The second-order valence-corrected chi connectivity index (χ2v) is 10.6. The molecule has 0 radical (unpaired) electrons. The Kier molecular flexibility index (Phi) is 6.56. The molecule has 0 spiro atoms. The number of sulfonamides is 1. The van der Waals surface area contributed by atoms with Crippen LogP contribution in [0, 0.1) is 5.92 Å². The third kappa shape index (κ3) is 4.67. The molecule has 1 aromatic carbocycles. The number of piperidine rings is 1. The highest BCUT2D eigenvalue weighted by molar-refractivity contribution is 7.89. The molecule has 2 aliphatic heterocycles. The zero-order valence-electron chi connectivity index (χ0n) is 17.2. The van der Waals surface area contributed by atoms with Gasteiger partial charge in [0.25, 0.3) is 0 Å². The molecule has 0 bridgehead atoms. The lowest BCUT2D eigenvalue weighted by molar-refractivity contribution is -0.139. The van der Waals surface area contributed by atoms with Gasteiger partial charge in [-0.15, -0.1) is 0 Å². The number of hydrogen-bond donors (Lipinski definition) is 0. The lowest BCUT2D eigenvalue weighted by atomic mass is 9.93. The van der Waals surface area contributed by atoms with Gasteiger partial charge in [0.2, 0.25) is 15.9 Å². The molecule has 0 N–H and O–H groups in total. The highest BCUT2D eigenvalue weighted by atomic mass is 32.2. The largest absolute Gasteiger partial charge is 0.340 e. The first kappa shape index (κ1) is 20.8. The fourth-order valence-corrected chi connectivity index (χ4v) is 6.59. The molecule has 3 aliphatic rings. The molecule has 0 unspecified atom stereocenters. The monoisotopic (exact) mass is 419 g/mol. The molecule has 2 saturated heterocycles. The average molecular weight is 420 g/mol. The second-order valence-electron chi connectivity index (χ2n) is 8.64. The molecular formula is C22H33N3O3S. The molecule has 2 heterocycles. The van der Waals surface area contributed by atoms with Gasteiger partial charge in [-0.2, -0.15) is 4.31 Å². The van der Waals surface area contributed by atoms with E-state index >= 15 is 0 Å². The summed E-state index contributed by atoms with van der Waals surface area (Å²) >= 11 is 0. The van der Waals surface area contributed by atoms with Gasteiger partial charge in [0.15, 0.2) is 0 Å². The summed E-state index contributed by atoms with van der Waals surface area (Å²) in [5, 5.41) is 0. The summed E-state index contributed by atoms with van der Waals surface area (Å²) in [4.78, 5) is 17.9. The van der Waals surface area contributed by atoms with E-state index in [0.717, 1.165) is 26.2 Å². The van der Waals surface area contributed by atoms with E-state index in [1.54, 1.807) is 24.3 Å². The summed E-state index contributed by atoms with van der Waals surface area (Å²) in [7, 11) is -3.45. The third-order valence-electron chi connectivity index (χ3n) is 6.90. The number of nitrogens with zero attached hydrogens (tertiary/aromatic N) is 3. The summed E-state index contributed by atoms with van der Waals surface area (Å²) in [5.41, 5.74) is 0. The molecule has 160 valence electrons. The number of carbonyl (C=O) groups excluding carboxylic acids is 1. The molecular weight excluding hydrogens is 386 g/mol. The second kappa shape index (κ2) is 9.14. The van der Waals surface area contributed by atoms with Gasteiger partial charge in [-0.3, -0.25) is 9.69 Å².